The lowest BCUT2D eigenvalue weighted by Crippen LogP contribution is -2.37. The minimum atomic E-state index is 0.210. The standard InChI is InChI=1S/C16H28N2O2/c1-13(2)20-16-7-5-6-15(10-16)12-18-14(3)11-17-8-9-19-4/h5-7,10,13-14,17-18H,8-9,11-12H2,1-4H3. The van der Waals surface area contributed by atoms with Crippen LogP contribution < -0.4 is 15.4 Å². The Morgan fingerprint density at radius 3 is 2.70 bits per heavy atom. The van der Waals surface area contributed by atoms with E-state index in [0.717, 1.165) is 32.0 Å². The second-order valence-corrected chi connectivity index (χ2v) is 5.29. The number of nitrogens with one attached hydrogen (secondary N) is 2. The van der Waals surface area contributed by atoms with Crippen LogP contribution in [0.4, 0.5) is 0 Å². The third-order valence-corrected chi connectivity index (χ3v) is 2.86. The maximum atomic E-state index is 5.70. The molecule has 2 N–H and O–H groups in total. The maximum absolute atomic E-state index is 5.70. The zero-order valence-corrected chi connectivity index (χ0v) is 13.1. The summed E-state index contributed by atoms with van der Waals surface area (Å²) in [6.45, 7) is 9.68. The molecule has 1 aromatic rings. The quantitative estimate of drug-likeness (QED) is 0.645. The van der Waals surface area contributed by atoms with Crippen LogP contribution in [0.2, 0.25) is 0 Å². The van der Waals surface area contributed by atoms with Gasteiger partial charge in [0.25, 0.3) is 0 Å². The number of ether oxygens (including phenoxy) is 2. The zero-order chi connectivity index (χ0) is 14.8. The van der Waals surface area contributed by atoms with Crippen LogP contribution in [0.15, 0.2) is 24.3 Å². The topological polar surface area (TPSA) is 42.5 Å². The highest BCUT2D eigenvalue weighted by molar-refractivity contribution is 5.28. The average Bonchev–Trinajstić information content (AvgIpc) is 2.41. The molecule has 0 aliphatic carbocycles. The monoisotopic (exact) mass is 280 g/mol. The van der Waals surface area contributed by atoms with Gasteiger partial charge in [-0.05, 0) is 38.5 Å². The molecule has 4 heteroatoms. The Morgan fingerprint density at radius 2 is 2.00 bits per heavy atom. The summed E-state index contributed by atoms with van der Waals surface area (Å²) in [6.07, 6.45) is 0.210. The van der Waals surface area contributed by atoms with E-state index >= 15 is 0 Å². The second kappa shape index (κ2) is 9.75. The molecule has 0 fully saturated rings. The van der Waals surface area contributed by atoms with Gasteiger partial charge in [-0.2, -0.15) is 0 Å². The molecule has 20 heavy (non-hydrogen) atoms. The first-order valence-corrected chi connectivity index (χ1v) is 7.30. The highest BCUT2D eigenvalue weighted by atomic mass is 16.5. The fraction of sp³-hybridized carbons (Fsp3) is 0.625. The molecule has 114 valence electrons. The van der Waals surface area contributed by atoms with Gasteiger partial charge < -0.3 is 20.1 Å². The minimum Gasteiger partial charge on any atom is -0.491 e. The van der Waals surface area contributed by atoms with E-state index in [1.54, 1.807) is 7.11 Å². The van der Waals surface area contributed by atoms with Gasteiger partial charge in [-0.15, -0.1) is 0 Å². The molecule has 0 bridgehead atoms. The highest BCUT2D eigenvalue weighted by Gasteiger charge is 2.03. The molecule has 0 heterocycles. The van der Waals surface area contributed by atoms with E-state index in [9.17, 15) is 0 Å². The maximum Gasteiger partial charge on any atom is 0.120 e. The first-order chi connectivity index (χ1) is 9.61. The molecule has 1 atom stereocenters. The number of rotatable bonds is 10. The second-order valence-electron chi connectivity index (χ2n) is 5.29. The van der Waals surface area contributed by atoms with Crippen molar-refractivity contribution >= 4 is 0 Å². The number of hydrogen-bond acceptors (Lipinski definition) is 4. The Morgan fingerprint density at radius 1 is 1.20 bits per heavy atom. The number of hydrogen-bond donors (Lipinski definition) is 2. The summed E-state index contributed by atoms with van der Waals surface area (Å²) in [5.74, 6) is 0.935. The Bertz CT molecular complexity index is 369. The van der Waals surface area contributed by atoms with Crippen molar-refractivity contribution in [2.24, 2.45) is 0 Å². The van der Waals surface area contributed by atoms with Gasteiger partial charge in [0, 0.05) is 32.8 Å². The SMILES string of the molecule is COCCNCC(C)NCc1cccc(OC(C)C)c1. The van der Waals surface area contributed by atoms with Crippen LogP contribution in [0.5, 0.6) is 5.75 Å². The van der Waals surface area contributed by atoms with Gasteiger partial charge in [-0.25, -0.2) is 0 Å². The molecule has 1 unspecified atom stereocenters. The van der Waals surface area contributed by atoms with E-state index < -0.39 is 0 Å². The molecule has 0 aromatic heterocycles. The van der Waals surface area contributed by atoms with Crippen molar-refractivity contribution in [3.05, 3.63) is 29.8 Å². The van der Waals surface area contributed by atoms with Crippen molar-refractivity contribution in [3.8, 4) is 5.75 Å². The largest absolute Gasteiger partial charge is 0.491 e. The summed E-state index contributed by atoms with van der Waals surface area (Å²) in [6, 6.07) is 8.67. The van der Waals surface area contributed by atoms with E-state index in [2.05, 4.69) is 29.7 Å². The fourth-order valence-electron chi connectivity index (χ4n) is 1.86. The van der Waals surface area contributed by atoms with Gasteiger partial charge in [0.1, 0.15) is 5.75 Å². The summed E-state index contributed by atoms with van der Waals surface area (Å²) in [7, 11) is 1.72. The van der Waals surface area contributed by atoms with Crippen LogP contribution in [-0.4, -0.2) is 39.0 Å². The zero-order valence-electron chi connectivity index (χ0n) is 13.1. The molecule has 0 aliphatic heterocycles. The van der Waals surface area contributed by atoms with Crippen LogP contribution in [0, 0.1) is 0 Å². The number of benzene rings is 1. The van der Waals surface area contributed by atoms with E-state index in [1.807, 2.05) is 26.0 Å². The van der Waals surface area contributed by atoms with Crippen LogP contribution in [0.25, 0.3) is 0 Å². The molecule has 0 aliphatic rings. The lowest BCUT2D eigenvalue weighted by molar-refractivity contribution is 0.198. The summed E-state index contributed by atoms with van der Waals surface area (Å²) in [4.78, 5) is 0. The predicted octanol–water partition coefficient (Wildman–Crippen LogP) is 2.19. The van der Waals surface area contributed by atoms with E-state index in [4.69, 9.17) is 9.47 Å². The predicted molar refractivity (Wildman–Crippen MR) is 83.3 cm³/mol. The van der Waals surface area contributed by atoms with Crippen molar-refractivity contribution in [1.82, 2.24) is 10.6 Å². The molecular weight excluding hydrogens is 252 g/mol. The molecule has 0 saturated heterocycles. The lowest BCUT2D eigenvalue weighted by Gasteiger charge is -2.15. The average molecular weight is 280 g/mol. The van der Waals surface area contributed by atoms with E-state index in [0.29, 0.717) is 6.04 Å². The van der Waals surface area contributed by atoms with Gasteiger partial charge in [0.05, 0.1) is 12.7 Å². The van der Waals surface area contributed by atoms with E-state index in [-0.39, 0.29) is 6.10 Å². The van der Waals surface area contributed by atoms with Gasteiger partial charge in [-0.3, -0.25) is 0 Å². The third kappa shape index (κ3) is 7.48. The molecule has 4 nitrogen and oxygen atoms in total. The van der Waals surface area contributed by atoms with Crippen molar-refractivity contribution in [3.63, 3.8) is 0 Å². The molecule has 0 radical (unpaired) electrons. The number of methoxy groups -OCH3 is 1. The fourth-order valence-corrected chi connectivity index (χ4v) is 1.86. The Balaban J connectivity index is 2.30. The molecule has 0 saturated carbocycles. The Hall–Kier alpha value is -1.10. The first-order valence-electron chi connectivity index (χ1n) is 7.30. The summed E-state index contributed by atoms with van der Waals surface area (Å²) < 4.78 is 10.7. The van der Waals surface area contributed by atoms with Gasteiger partial charge in [-0.1, -0.05) is 12.1 Å². The van der Waals surface area contributed by atoms with E-state index in [1.165, 1.54) is 5.56 Å². The Kier molecular flexibility index (Phi) is 8.26. The summed E-state index contributed by atoms with van der Waals surface area (Å²) in [5, 5.41) is 6.85. The van der Waals surface area contributed by atoms with Crippen molar-refractivity contribution in [2.45, 2.75) is 39.5 Å². The van der Waals surface area contributed by atoms with Gasteiger partial charge >= 0.3 is 0 Å². The lowest BCUT2D eigenvalue weighted by atomic mass is 10.2. The van der Waals surface area contributed by atoms with Gasteiger partial charge in [0.15, 0.2) is 0 Å². The highest BCUT2D eigenvalue weighted by Crippen LogP contribution is 2.14. The molecular formula is C16H28N2O2. The van der Waals surface area contributed by atoms with Crippen molar-refractivity contribution in [1.29, 1.82) is 0 Å². The van der Waals surface area contributed by atoms with Crippen molar-refractivity contribution < 1.29 is 9.47 Å². The smallest absolute Gasteiger partial charge is 0.120 e. The van der Waals surface area contributed by atoms with Crippen molar-refractivity contribution in [2.75, 3.05) is 26.8 Å². The molecule has 0 spiro atoms. The summed E-state index contributed by atoms with van der Waals surface area (Å²) >= 11 is 0. The molecule has 1 aromatic carbocycles. The first kappa shape index (κ1) is 17.0. The van der Waals surface area contributed by atoms with Gasteiger partial charge in [0.2, 0.25) is 0 Å². The Labute approximate surface area is 122 Å². The molecule has 0 amide bonds. The van der Waals surface area contributed by atoms with Crippen LogP contribution >= 0.6 is 0 Å². The third-order valence-electron chi connectivity index (χ3n) is 2.86. The summed E-state index contributed by atoms with van der Waals surface area (Å²) in [5.41, 5.74) is 1.24. The van der Waals surface area contributed by atoms with Crippen LogP contribution in [0.3, 0.4) is 0 Å². The minimum absolute atomic E-state index is 0.210. The normalized spacial score (nSPS) is 12.7. The van der Waals surface area contributed by atoms with Crippen LogP contribution in [-0.2, 0) is 11.3 Å². The molecule has 1 rings (SSSR count). The van der Waals surface area contributed by atoms with Crippen LogP contribution in [0.1, 0.15) is 26.3 Å².